The molecule has 2 heterocycles. The van der Waals surface area contributed by atoms with Crippen LogP contribution in [0.1, 0.15) is 40.0 Å². The Labute approximate surface area is 148 Å². The molecule has 0 aliphatic heterocycles. The SMILES string of the molecule is CCc1oncc1C(=O)c1cccc(Cn2nc(C)n(C)c2=O)c1Cl. The normalized spacial score (nSPS) is 11.0. The van der Waals surface area contributed by atoms with Gasteiger partial charge >= 0.3 is 5.69 Å². The number of carbonyl (C=O) groups excluding carboxylic acids is 1. The van der Waals surface area contributed by atoms with E-state index in [9.17, 15) is 9.59 Å². The summed E-state index contributed by atoms with van der Waals surface area (Å²) in [6.07, 6.45) is 1.96. The number of nitrogens with zero attached hydrogens (tertiary/aromatic N) is 4. The van der Waals surface area contributed by atoms with Crippen LogP contribution in [0.3, 0.4) is 0 Å². The first-order valence-corrected chi connectivity index (χ1v) is 8.17. The van der Waals surface area contributed by atoms with Gasteiger partial charge in [-0.1, -0.05) is 35.8 Å². The number of carbonyl (C=O) groups is 1. The average molecular weight is 361 g/mol. The minimum Gasteiger partial charge on any atom is -0.361 e. The fourth-order valence-electron chi connectivity index (χ4n) is 2.59. The summed E-state index contributed by atoms with van der Waals surface area (Å²) in [5.74, 6) is 0.864. The zero-order chi connectivity index (χ0) is 18.1. The molecule has 0 fully saturated rings. The maximum absolute atomic E-state index is 12.8. The van der Waals surface area contributed by atoms with Gasteiger partial charge in [-0.25, -0.2) is 9.48 Å². The predicted molar refractivity (Wildman–Crippen MR) is 92.1 cm³/mol. The van der Waals surface area contributed by atoms with E-state index in [1.807, 2.05) is 6.92 Å². The highest BCUT2D eigenvalue weighted by atomic mass is 35.5. The molecule has 2 aromatic heterocycles. The third-order valence-electron chi connectivity index (χ3n) is 4.11. The molecular formula is C17H17ClN4O3. The summed E-state index contributed by atoms with van der Waals surface area (Å²) < 4.78 is 7.85. The molecule has 8 heteroatoms. The maximum atomic E-state index is 12.8. The first-order chi connectivity index (χ1) is 11.9. The van der Waals surface area contributed by atoms with Crippen LogP contribution >= 0.6 is 11.6 Å². The summed E-state index contributed by atoms with van der Waals surface area (Å²) in [4.78, 5) is 24.9. The van der Waals surface area contributed by atoms with E-state index in [-0.39, 0.29) is 18.0 Å². The number of halogens is 1. The van der Waals surface area contributed by atoms with Crippen LogP contribution < -0.4 is 5.69 Å². The molecule has 0 radical (unpaired) electrons. The molecule has 130 valence electrons. The van der Waals surface area contributed by atoms with Crippen molar-refractivity contribution in [2.45, 2.75) is 26.8 Å². The minimum atomic E-state index is -0.255. The smallest absolute Gasteiger partial charge is 0.345 e. The zero-order valence-corrected chi connectivity index (χ0v) is 14.9. The Morgan fingerprint density at radius 3 is 2.72 bits per heavy atom. The lowest BCUT2D eigenvalue weighted by molar-refractivity contribution is 0.103. The third kappa shape index (κ3) is 3.02. The Morgan fingerprint density at radius 2 is 2.08 bits per heavy atom. The van der Waals surface area contributed by atoms with Crippen LogP contribution in [0.15, 0.2) is 33.7 Å². The third-order valence-corrected chi connectivity index (χ3v) is 4.56. The Hall–Kier alpha value is -2.67. The molecule has 0 unspecified atom stereocenters. The molecule has 0 saturated carbocycles. The molecular weight excluding hydrogens is 344 g/mol. The van der Waals surface area contributed by atoms with E-state index < -0.39 is 0 Å². The zero-order valence-electron chi connectivity index (χ0n) is 14.1. The van der Waals surface area contributed by atoms with Crippen LogP contribution in [0.25, 0.3) is 0 Å². The summed E-state index contributed by atoms with van der Waals surface area (Å²) in [6, 6.07) is 5.14. The van der Waals surface area contributed by atoms with Crippen molar-refractivity contribution >= 4 is 17.4 Å². The van der Waals surface area contributed by atoms with Crippen molar-refractivity contribution in [3.63, 3.8) is 0 Å². The number of aromatic nitrogens is 4. The van der Waals surface area contributed by atoms with E-state index in [4.69, 9.17) is 16.1 Å². The van der Waals surface area contributed by atoms with E-state index in [1.165, 1.54) is 15.4 Å². The van der Waals surface area contributed by atoms with Gasteiger partial charge in [0.1, 0.15) is 11.6 Å². The van der Waals surface area contributed by atoms with Gasteiger partial charge in [0, 0.05) is 19.0 Å². The number of ketones is 1. The fraction of sp³-hybridized carbons (Fsp3) is 0.294. The number of benzene rings is 1. The summed E-state index contributed by atoms with van der Waals surface area (Å²) in [5.41, 5.74) is 1.14. The lowest BCUT2D eigenvalue weighted by Crippen LogP contribution is -2.24. The first kappa shape index (κ1) is 17.2. The maximum Gasteiger partial charge on any atom is 0.345 e. The van der Waals surface area contributed by atoms with Gasteiger partial charge < -0.3 is 4.52 Å². The van der Waals surface area contributed by atoms with Gasteiger partial charge in [-0.2, -0.15) is 5.10 Å². The minimum absolute atomic E-state index is 0.185. The van der Waals surface area contributed by atoms with Crippen LogP contribution in [-0.4, -0.2) is 25.3 Å². The number of hydrogen-bond donors (Lipinski definition) is 0. The summed E-state index contributed by atoms with van der Waals surface area (Å²) in [6.45, 7) is 3.81. The summed E-state index contributed by atoms with van der Waals surface area (Å²) >= 11 is 6.44. The molecule has 7 nitrogen and oxygen atoms in total. The molecule has 0 saturated heterocycles. The highest BCUT2D eigenvalue weighted by Crippen LogP contribution is 2.25. The van der Waals surface area contributed by atoms with Crippen LogP contribution in [-0.2, 0) is 20.0 Å². The van der Waals surface area contributed by atoms with Crippen LogP contribution in [0.5, 0.6) is 0 Å². The lowest BCUT2D eigenvalue weighted by atomic mass is 10.0. The average Bonchev–Trinajstić information content (AvgIpc) is 3.17. The number of aryl methyl sites for hydroxylation is 2. The van der Waals surface area contributed by atoms with Crippen molar-refractivity contribution in [1.82, 2.24) is 19.5 Å². The van der Waals surface area contributed by atoms with Crippen LogP contribution in [0, 0.1) is 6.92 Å². The lowest BCUT2D eigenvalue weighted by Gasteiger charge is -2.08. The van der Waals surface area contributed by atoms with E-state index >= 15 is 0 Å². The van der Waals surface area contributed by atoms with Crippen molar-refractivity contribution in [3.05, 3.63) is 68.2 Å². The molecule has 0 atom stereocenters. The predicted octanol–water partition coefficient (Wildman–Crippen LogP) is 2.37. The van der Waals surface area contributed by atoms with Crippen molar-refractivity contribution in [2.24, 2.45) is 7.05 Å². The van der Waals surface area contributed by atoms with E-state index in [0.717, 1.165) is 0 Å². The van der Waals surface area contributed by atoms with Gasteiger partial charge in [-0.15, -0.1) is 0 Å². The van der Waals surface area contributed by atoms with Gasteiger partial charge in [-0.3, -0.25) is 9.36 Å². The number of hydrogen-bond acceptors (Lipinski definition) is 5. The summed E-state index contributed by atoms with van der Waals surface area (Å²) in [5, 5.41) is 8.18. The van der Waals surface area contributed by atoms with E-state index in [1.54, 1.807) is 32.2 Å². The first-order valence-electron chi connectivity index (χ1n) is 7.80. The Morgan fingerprint density at radius 1 is 1.32 bits per heavy atom. The Kier molecular flexibility index (Phi) is 4.59. The second-order valence-corrected chi connectivity index (χ2v) is 6.05. The Balaban J connectivity index is 1.99. The molecule has 25 heavy (non-hydrogen) atoms. The molecule has 0 bridgehead atoms. The monoisotopic (exact) mass is 360 g/mol. The molecule has 1 aromatic carbocycles. The van der Waals surface area contributed by atoms with Gasteiger partial charge in [0.25, 0.3) is 0 Å². The van der Waals surface area contributed by atoms with Gasteiger partial charge in [0.05, 0.1) is 23.3 Å². The molecule has 0 N–H and O–H groups in total. The second kappa shape index (κ2) is 6.68. The van der Waals surface area contributed by atoms with Crippen LogP contribution in [0.2, 0.25) is 5.02 Å². The molecule has 0 spiro atoms. The molecule has 3 aromatic rings. The van der Waals surface area contributed by atoms with Gasteiger partial charge in [0.2, 0.25) is 0 Å². The fourth-order valence-corrected chi connectivity index (χ4v) is 2.86. The highest BCUT2D eigenvalue weighted by molar-refractivity contribution is 6.35. The largest absolute Gasteiger partial charge is 0.361 e. The van der Waals surface area contributed by atoms with Crippen LogP contribution in [0.4, 0.5) is 0 Å². The van der Waals surface area contributed by atoms with Crippen molar-refractivity contribution in [3.8, 4) is 0 Å². The van der Waals surface area contributed by atoms with Gasteiger partial charge in [0.15, 0.2) is 5.78 Å². The topological polar surface area (TPSA) is 82.9 Å². The standard InChI is InChI=1S/C17H17ClN4O3/c1-4-14-13(8-19-25-14)16(23)12-7-5-6-11(15(12)18)9-22-17(24)21(3)10(2)20-22/h5-8H,4,9H2,1-3H3. The van der Waals surface area contributed by atoms with Crippen molar-refractivity contribution in [1.29, 1.82) is 0 Å². The quantitative estimate of drug-likeness (QED) is 0.652. The molecule has 0 aliphatic rings. The van der Waals surface area contributed by atoms with Crippen molar-refractivity contribution < 1.29 is 9.32 Å². The molecule has 0 aliphatic carbocycles. The second-order valence-electron chi connectivity index (χ2n) is 5.67. The van der Waals surface area contributed by atoms with E-state index in [0.29, 0.717) is 39.7 Å². The van der Waals surface area contributed by atoms with Gasteiger partial charge in [-0.05, 0) is 18.6 Å². The highest BCUT2D eigenvalue weighted by Gasteiger charge is 2.21. The number of rotatable bonds is 5. The van der Waals surface area contributed by atoms with E-state index in [2.05, 4.69) is 10.3 Å². The van der Waals surface area contributed by atoms with Crippen molar-refractivity contribution in [2.75, 3.05) is 0 Å². The summed E-state index contributed by atoms with van der Waals surface area (Å²) in [7, 11) is 1.65. The molecule has 0 amide bonds. The molecule has 3 rings (SSSR count). The Bertz CT molecular complexity index is 1000.